The summed E-state index contributed by atoms with van der Waals surface area (Å²) in [6, 6.07) is 7.16. The topological polar surface area (TPSA) is 78.6 Å². The van der Waals surface area contributed by atoms with Crippen LogP contribution in [-0.2, 0) is 4.79 Å². The number of rotatable bonds is 10. The van der Waals surface area contributed by atoms with Crippen LogP contribution >= 0.6 is 0 Å². The maximum Gasteiger partial charge on any atom is 0.224 e. The number of benzene rings is 1. The summed E-state index contributed by atoms with van der Waals surface area (Å²) in [4.78, 5) is 14.0. The third-order valence-corrected chi connectivity index (χ3v) is 3.34. The highest BCUT2D eigenvalue weighted by Gasteiger charge is 2.04. The first-order valence-corrected chi connectivity index (χ1v) is 7.56. The van der Waals surface area contributed by atoms with Gasteiger partial charge in [0.05, 0.1) is 0 Å². The number of hydrogen-bond donors (Lipinski definition) is 3. The quantitative estimate of drug-likeness (QED) is 0.456. The van der Waals surface area contributed by atoms with Crippen molar-refractivity contribution < 1.29 is 9.90 Å². The molecule has 118 valence electrons. The van der Waals surface area contributed by atoms with Crippen LogP contribution in [0.2, 0.25) is 0 Å². The molecule has 0 aliphatic carbocycles. The molecule has 5 heteroatoms. The largest absolute Gasteiger partial charge is 0.399 e. The number of nitrogens with two attached hydrogens (primary N) is 1. The van der Waals surface area contributed by atoms with Crippen molar-refractivity contribution in [3.05, 3.63) is 24.3 Å². The lowest BCUT2D eigenvalue weighted by Gasteiger charge is -2.16. The predicted molar refractivity (Wildman–Crippen MR) is 87.2 cm³/mol. The van der Waals surface area contributed by atoms with Gasteiger partial charge in [-0.15, -0.1) is 0 Å². The lowest BCUT2D eigenvalue weighted by molar-refractivity contribution is -0.116. The number of hydrogen-bond acceptors (Lipinski definition) is 4. The fraction of sp³-hybridized carbons (Fsp3) is 0.562. The van der Waals surface area contributed by atoms with Crippen molar-refractivity contribution in [2.45, 2.75) is 32.1 Å². The van der Waals surface area contributed by atoms with Crippen LogP contribution in [0.3, 0.4) is 0 Å². The van der Waals surface area contributed by atoms with Crippen LogP contribution in [-0.4, -0.2) is 42.7 Å². The van der Waals surface area contributed by atoms with E-state index in [0.717, 1.165) is 44.5 Å². The molecule has 0 heterocycles. The number of unbranched alkanes of at least 4 members (excludes halogenated alkanes) is 2. The maximum absolute atomic E-state index is 11.8. The van der Waals surface area contributed by atoms with Crippen LogP contribution < -0.4 is 11.1 Å². The monoisotopic (exact) mass is 293 g/mol. The van der Waals surface area contributed by atoms with Gasteiger partial charge in [0, 0.05) is 24.4 Å². The molecule has 1 amide bonds. The van der Waals surface area contributed by atoms with Crippen molar-refractivity contribution in [1.29, 1.82) is 0 Å². The molecule has 0 spiro atoms. The van der Waals surface area contributed by atoms with Gasteiger partial charge in [0.15, 0.2) is 0 Å². The Hall–Kier alpha value is -1.59. The van der Waals surface area contributed by atoms with E-state index in [1.54, 1.807) is 24.3 Å². The number of nitrogens with zero attached hydrogens (tertiary/aromatic N) is 1. The molecule has 0 saturated heterocycles. The van der Waals surface area contributed by atoms with Crippen LogP contribution in [0.15, 0.2) is 24.3 Å². The fourth-order valence-corrected chi connectivity index (χ4v) is 2.08. The first kappa shape index (κ1) is 17.5. The molecule has 1 aromatic carbocycles. The van der Waals surface area contributed by atoms with Crippen molar-refractivity contribution in [3.63, 3.8) is 0 Å². The van der Waals surface area contributed by atoms with Gasteiger partial charge in [-0.05, 0) is 70.1 Å². The number of nitrogens with one attached hydrogen (secondary N) is 1. The zero-order chi connectivity index (χ0) is 15.5. The minimum absolute atomic E-state index is 0.0356. The van der Waals surface area contributed by atoms with Crippen molar-refractivity contribution >= 4 is 17.3 Å². The van der Waals surface area contributed by atoms with Gasteiger partial charge in [-0.25, -0.2) is 0 Å². The third kappa shape index (κ3) is 8.32. The van der Waals surface area contributed by atoms with Crippen LogP contribution in [0.25, 0.3) is 0 Å². The molecule has 0 fully saturated rings. The molecule has 1 aromatic rings. The SMILES string of the molecule is CN(CCCCCO)CCCC(=O)Nc1ccc(N)cc1. The van der Waals surface area contributed by atoms with Gasteiger partial charge in [0.25, 0.3) is 0 Å². The summed E-state index contributed by atoms with van der Waals surface area (Å²) >= 11 is 0. The number of anilines is 2. The summed E-state index contributed by atoms with van der Waals surface area (Å²) in [5.41, 5.74) is 7.07. The number of carbonyl (C=O) groups excluding carboxylic acids is 1. The van der Waals surface area contributed by atoms with Crippen LogP contribution in [0.1, 0.15) is 32.1 Å². The highest BCUT2D eigenvalue weighted by molar-refractivity contribution is 5.90. The predicted octanol–water partition coefficient (Wildman–Crippen LogP) is 2.08. The molecule has 0 bridgehead atoms. The Labute approximate surface area is 127 Å². The van der Waals surface area contributed by atoms with E-state index in [4.69, 9.17) is 10.8 Å². The van der Waals surface area contributed by atoms with Crippen molar-refractivity contribution in [1.82, 2.24) is 4.90 Å². The van der Waals surface area contributed by atoms with Gasteiger partial charge < -0.3 is 21.1 Å². The lowest BCUT2D eigenvalue weighted by atomic mass is 10.2. The van der Waals surface area contributed by atoms with Gasteiger partial charge in [-0.2, -0.15) is 0 Å². The van der Waals surface area contributed by atoms with Gasteiger partial charge >= 0.3 is 0 Å². The van der Waals surface area contributed by atoms with E-state index in [-0.39, 0.29) is 12.5 Å². The van der Waals surface area contributed by atoms with E-state index in [1.165, 1.54) is 0 Å². The molecular formula is C16H27N3O2. The molecule has 1 rings (SSSR count). The van der Waals surface area contributed by atoms with Gasteiger partial charge in [0.2, 0.25) is 5.91 Å². The number of aliphatic hydroxyl groups excluding tert-OH is 1. The number of nitrogen functional groups attached to an aromatic ring is 1. The van der Waals surface area contributed by atoms with E-state index in [0.29, 0.717) is 12.1 Å². The van der Waals surface area contributed by atoms with Crippen molar-refractivity contribution in [3.8, 4) is 0 Å². The number of amides is 1. The third-order valence-electron chi connectivity index (χ3n) is 3.34. The average molecular weight is 293 g/mol. The number of carbonyl (C=O) groups is 1. The zero-order valence-corrected chi connectivity index (χ0v) is 12.8. The van der Waals surface area contributed by atoms with E-state index in [9.17, 15) is 4.79 Å². The Morgan fingerprint density at radius 2 is 1.81 bits per heavy atom. The average Bonchev–Trinajstić information content (AvgIpc) is 2.46. The standard InChI is InChI=1S/C16H27N3O2/c1-19(11-3-2-4-13-20)12-5-6-16(21)18-15-9-7-14(17)8-10-15/h7-10,20H,2-6,11-13,17H2,1H3,(H,18,21). The molecular weight excluding hydrogens is 266 g/mol. The summed E-state index contributed by atoms with van der Waals surface area (Å²) in [6.45, 7) is 2.20. The van der Waals surface area contributed by atoms with Crippen molar-refractivity contribution in [2.24, 2.45) is 0 Å². The smallest absolute Gasteiger partial charge is 0.224 e. The van der Waals surface area contributed by atoms with Crippen LogP contribution in [0.4, 0.5) is 11.4 Å². The summed E-state index contributed by atoms with van der Waals surface area (Å²) in [7, 11) is 2.07. The molecule has 0 aromatic heterocycles. The van der Waals surface area contributed by atoms with E-state index in [2.05, 4.69) is 17.3 Å². The Balaban J connectivity index is 2.11. The first-order chi connectivity index (χ1) is 10.1. The van der Waals surface area contributed by atoms with E-state index < -0.39 is 0 Å². The molecule has 0 atom stereocenters. The summed E-state index contributed by atoms with van der Waals surface area (Å²) < 4.78 is 0. The molecule has 0 radical (unpaired) electrons. The lowest BCUT2D eigenvalue weighted by Crippen LogP contribution is -2.22. The van der Waals surface area contributed by atoms with E-state index >= 15 is 0 Å². The minimum Gasteiger partial charge on any atom is -0.399 e. The fourth-order valence-electron chi connectivity index (χ4n) is 2.08. The zero-order valence-electron chi connectivity index (χ0n) is 12.8. The second-order valence-corrected chi connectivity index (χ2v) is 5.36. The maximum atomic E-state index is 11.8. The van der Waals surface area contributed by atoms with Gasteiger partial charge in [-0.1, -0.05) is 0 Å². The Bertz CT molecular complexity index is 406. The van der Waals surface area contributed by atoms with Gasteiger partial charge in [-0.3, -0.25) is 4.79 Å². The Kier molecular flexibility index (Phi) is 8.47. The minimum atomic E-state index is 0.0356. The second kappa shape index (κ2) is 10.2. The molecule has 0 aliphatic heterocycles. The molecule has 0 unspecified atom stereocenters. The first-order valence-electron chi connectivity index (χ1n) is 7.56. The molecule has 5 nitrogen and oxygen atoms in total. The highest BCUT2D eigenvalue weighted by Crippen LogP contribution is 2.11. The summed E-state index contributed by atoms with van der Waals surface area (Å²) in [5, 5.41) is 11.6. The number of aliphatic hydroxyl groups is 1. The Morgan fingerprint density at radius 3 is 2.48 bits per heavy atom. The molecule has 0 aliphatic rings. The normalized spacial score (nSPS) is 10.8. The molecule has 0 saturated carbocycles. The van der Waals surface area contributed by atoms with E-state index in [1.807, 2.05) is 0 Å². The molecule has 21 heavy (non-hydrogen) atoms. The second-order valence-electron chi connectivity index (χ2n) is 5.36. The van der Waals surface area contributed by atoms with Crippen LogP contribution in [0, 0.1) is 0 Å². The summed E-state index contributed by atoms with van der Waals surface area (Å²) in [5.74, 6) is 0.0356. The Morgan fingerprint density at radius 1 is 1.14 bits per heavy atom. The van der Waals surface area contributed by atoms with Crippen molar-refractivity contribution in [2.75, 3.05) is 37.8 Å². The van der Waals surface area contributed by atoms with Crippen LogP contribution in [0.5, 0.6) is 0 Å². The highest BCUT2D eigenvalue weighted by atomic mass is 16.2. The van der Waals surface area contributed by atoms with Gasteiger partial charge in [0.1, 0.15) is 0 Å². The molecule has 4 N–H and O–H groups in total. The summed E-state index contributed by atoms with van der Waals surface area (Å²) in [6.07, 6.45) is 4.38.